The van der Waals surface area contributed by atoms with E-state index in [0.717, 1.165) is 12.8 Å². The van der Waals surface area contributed by atoms with Gasteiger partial charge in [0.05, 0.1) is 0 Å². The highest BCUT2D eigenvalue weighted by atomic mass is 14.3. The van der Waals surface area contributed by atoms with Crippen molar-refractivity contribution in [1.82, 2.24) is 0 Å². The SMILES string of the molecule is c1ccc2c(c1)Cc1ccccc1C2=C1CCCc2ccc3ccccc3c21. The molecule has 0 unspecified atom stereocenters. The van der Waals surface area contributed by atoms with Gasteiger partial charge in [-0.3, -0.25) is 0 Å². The van der Waals surface area contributed by atoms with E-state index in [1.54, 1.807) is 0 Å². The molecule has 2 aliphatic rings. The fourth-order valence-corrected chi connectivity index (χ4v) is 5.22. The van der Waals surface area contributed by atoms with Gasteiger partial charge < -0.3 is 0 Å². The Balaban J connectivity index is 1.76. The van der Waals surface area contributed by atoms with Gasteiger partial charge in [-0.15, -0.1) is 0 Å². The highest BCUT2D eigenvalue weighted by Crippen LogP contribution is 2.46. The van der Waals surface area contributed by atoms with Gasteiger partial charge in [-0.1, -0.05) is 84.9 Å². The van der Waals surface area contributed by atoms with Gasteiger partial charge in [0.25, 0.3) is 0 Å². The van der Waals surface area contributed by atoms with E-state index < -0.39 is 0 Å². The summed E-state index contributed by atoms with van der Waals surface area (Å²) in [5.74, 6) is 0. The average Bonchev–Trinajstić information content (AvgIpc) is 2.77. The summed E-state index contributed by atoms with van der Waals surface area (Å²) < 4.78 is 0. The van der Waals surface area contributed by atoms with Crippen LogP contribution in [-0.2, 0) is 12.8 Å². The van der Waals surface area contributed by atoms with Gasteiger partial charge in [0, 0.05) is 0 Å². The highest BCUT2D eigenvalue weighted by Gasteiger charge is 2.26. The van der Waals surface area contributed by atoms with Crippen LogP contribution in [0, 0.1) is 0 Å². The minimum absolute atomic E-state index is 1.03. The Bertz CT molecular complexity index is 1210. The van der Waals surface area contributed by atoms with Gasteiger partial charge in [0.1, 0.15) is 0 Å². The van der Waals surface area contributed by atoms with Crippen molar-refractivity contribution in [3.8, 4) is 0 Å². The van der Waals surface area contributed by atoms with Crippen LogP contribution in [0.5, 0.6) is 0 Å². The maximum atomic E-state index is 2.36. The van der Waals surface area contributed by atoms with E-state index >= 15 is 0 Å². The van der Waals surface area contributed by atoms with Gasteiger partial charge in [-0.05, 0) is 81.0 Å². The minimum atomic E-state index is 1.03. The summed E-state index contributed by atoms with van der Waals surface area (Å²) >= 11 is 0. The molecule has 28 heavy (non-hydrogen) atoms. The van der Waals surface area contributed by atoms with E-state index in [9.17, 15) is 0 Å². The Morgan fingerprint density at radius 1 is 0.536 bits per heavy atom. The molecule has 0 heterocycles. The van der Waals surface area contributed by atoms with Crippen molar-refractivity contribution in [2.75, 3.05) is 0 Å². The molecule has 0 atom stereocenters. The molecule has 0 saturated carbocycles. The highest BCUT2D eigenvalue weighted by molar-refractivity contribution is 6.08. The second kappa shape index (κ2) is 6.21. The van der Waals surface area contributed by atoms with Crippen LogP contribution in [0.2, 0.25) is 0 Å². The number of aryl methyl sites for hydroxylation is 1. The summed E-state index contributed by atoms with van der Waals surface area (Å²) in [6.07, 6.45) is 4.60. The molecule has 134 valence electrons. The molecule has 6 rings (SSSR count). The standard InChI is InChI=1S/C28H22/c1-4-12-23-19(8-1)16-17-20-11-7-15-26(27(20)23)28-24-13-5-2-9-21(24)18-22-10-3-6-14-25(22)28/h1-6,8-10,12-14,16-17H,7,11,15,18H2. The zero-order valence-electron chi connectivity index (χ0n) is 15.9. The van der Waals surface area contributed by atoms with Gasteiger partial charge in [-0.25, -0.2) is 0 Å². The molecular weight excluding hydrogens is 336 g/mol. The molecule has 0 N–H and O–H groups in total. The van der Waals surface area contributed by atoms with Gasteiger partial charge in [0.15, 0.2) is 0 Å². The molecule has 0 heteroatoms. The first-order valence-electron chi connectivity index (χ1n) is 10.3. The van der Waals surface area contributed by atoms with E-state index in [2.05, 4.69) is 84.9 Å². The Labute approximate surface area is 166 Å². The van der Waals surface area contributed by atoms with Crippen LogP contribution in [0.1, 0.15) is 46.2 Å². The molecule has 0 amide bonds. The Hall–Kier alpha value is -3.12. The number of fused-ring (bicyclic) bond motifs is 5. The lowest BCUT2D eigenvalue weighted by atomic mass is 9.74. The summed E-state index contributed by atoms with van der Waals surface area (Å²) in [6, 6.07) is 31.5. The smallest absolute Gasteiger partial charge is 0.00134 e. The van der Waals surface area contributed by atoms with E-state index in [-0.39, 0.29) is 0 Å². The molecule has 4 aromatic carbocycles. The summed E-state index contributed by atoms with van der Waals surface area (Å²) in [4.78, 5) is 0. The summed E-state index contributed by atoms with van der Waals surface area (Å²) in [7, 11) is 0. The zero-order chi connectivity index (χ0) is 18.5. The first kappa shape index (κ1) is 15.9. The van der Waals surface area contributed by atoms with Crippen LogP contribution >= 0.6 is 0 Å². The molecule has 0 spiro atoms. The molecule has 0 saturated heterocycles. The molecule has 0 radical (unpaired) electrons. The summed E-state index contributed by atoms with van der Waals surface area (Å²) in [5.41, 5.74) is 11.8. The molecular formula is C28H22. The molecule has 2 aliphatic carbocycles. The number of rotatable bonds is 0. The summed E-state index contributed by atoms with van der Waals surface area (Å²) in [5, 5.41) is 2.75. The normalized spacial score (nSPS) is 15.1. The maximum Gasteiger partial charge on any atom is -0.00134 e. The third-order valence-corrected chi connectivity index (χ3v) is 6.45. The lowest BCUT2D eigenvalue weighted by molar-refractivity contribution is 0.825. The van der Waals surface area contributed by atoms with Crippen molar-refractivity contribution in [2.45, 2.75) is 25.7 Å². The van der Waals surface area contributed by atoms with Crippen LogP contribution < -0.4 is 0 Å². The summed E-state index contributed by atoms with van der Waals surface area (Å²) in [6.45, 7) is 0. The predicted molar refractivity (Wildman–Crippen MR) is 118 cm³/mol. The lowest BCUT2D eigenvalue weighted by Crippen LogP contribution is -2.11. The molecule has 0 bridgehead atoms. The van der Waals surface area contributed by atoms with Crippen LogP contribution in [0.4, 0.5) is 0 Å². The first-order chi connectivity index (χ1) is 13.9. The second-order valence-corrected chi connectivity index (χ2v) is 8.02. The van der Waals surface area contributed by atoms with Crippen LogP contribution in [-0.4, -0.2) is 0 Å². The third kappa shape index (κ3) is 2.31. The Morgan fingerprint density at radius 3 is 2.00 bits per heavy atom. The van der Waals surface area contributed by atoms with Crippen LogP contribution in [0.15, 0.2) is 84.9 Å². The molecule has 4 aromatic rings. The van der Waals surface area contributed by atoms with Crippen LogP contribution in [0.3, 0.4) is 0 Å². The second-order valence-electron chi connectivity index (χ2n) is 8.02. The fourth-order valence-electron chi connectivity index (χ4n) is 5.22. The first-order valence-corrected chi connectivity index (χ1v) is 10.3. The zero-order valence-corrected chi connectivity index (χ0v) is 15.9. The van der Waals surface area contributed by atoms with Crippen molar-refractivity contribution in [2.24, 2.45) is 0 Å². The van der Waals surface area contributed by atoms with E-state index in [1.807, 2.05) is 0 Å². The van der Waals surface area contributed by atoms with Gasteiger partial charge >= 0.3 is 0 Å². The quantitative estimate of drug-likeness (QED) is 0.278. The van der Waals surface area contributed by atoms with Gasteiger partial charge in [0.2, 0.25) is 0 Å². The van der Waals surface area contributed by atoms with Crippen molar-refractivity contribution in [3.05, 3.63) is 118 Å². The average molecular weight is 358 g/mol. The maximum absolute atomic E-state index is 2.36. The number of benzene rings is 4. The number of hydrogen-bond acceptors (Lipinski definition) is 0. The predicted octanol–water partition coefficient (Wildman–Crippen LogP) is 7.04. The van der Waals surface area contributed by atoms with Crippen molar-refractivity contribution < 1.29 is 0 Å². The minimum Gasteiger partial charge on any atom is -0.0619 e. The van der Waals surface area contributed by atoms with Crippen LogP contribution in [0.25, 0.3) is 21.9 Å². The Morgan fingerprint density at radius 2 is 1.21 bits per heavy atom. The van der Waals surface area contributed by atoms with Crippen molar-refractivity contribution >= 4 is 21.9 Å². The Kier molecular flexibility index (Phi) is 3.52. The molecule has 0 aliphatic heterocycles. The topological polar surface area (TPSA) is 0 Å². The third-order valence-electron chi connectivity index (χ3n) is 6.45. The number of hydrogen-bond donors (Lipinski definition) is 0. The molecule has 0 aromatic heterocycles. The molecule has 0 nitrogen and oxygen atoms in total. The van der Waals surface area contributed by atoms with Crippen molar-refractivity contribution in [1.29, 1.82) is 0 Å². The molecule has 0 fully saturated rings. The van der Waals surface area contributed by atoms with E-state index in [1.165, 1.54) is 68.1 Å². The van der Waals surface area contributed by atoms with E-state index in [0.29, 0.717) is 0 Å². The number of allylic oxidation sites excluding steroid dienone is 1. The monoisotopic (exact) mass is 358 g/mol. The lowest BCUT2D eigenvalue weighted by Gasteiger charge is -2.29. The van der Waals surface area contributed by atoms with E-state index in [4.69, 9.17) is 0 Å². The largest absolute Gasteiger partial charge is 0.0619 e. The van der Waals surface area contributed by atoms with Crippen molar-refractivity contribution in [3.63, 3.8) is 0 Å². The fraction of sp³-hybridized carbons (Fsp3) is 0.143. The van der Waals surface area contributed by atoms with Gasteiger partial charge in [-0.2, -0.15) is 0 Å².